The molecule has 3 aromatic rings. The summed E-state index contributed by atoms with van der Waals surface area (Å²) in [7, 11) is 1.08. The van der Waals surface area contributed by atoms with Crippen LogP contribution in [0.15, 0.2) is 36.4 Å². The van der Waals surface area contributed by atoms with Crippen LogP contribution in [0.5, 0.6) is 0 Å². The van der Waals surface area contributed by atoms with E-state index in [2.05, 4.69) is 4.98 Å². The highest BCUT2D eigenvalue weighted by Gasteiger charge is 2.22. The maximum absolute atomic E-state index is 8.75. The number of aromatic nitrogens is 2. The van der Waals surface area contributed by atoms with Gasteiger partial charge in [-0.05, 0) is 56.5 Å². The molecule has 0 bridgehead atoms. The number of hydrogen-bond acceptors (Lipinski definition) is 2. The quantitative estimate of drug-likeness (QED) is 0.725. The number of fused-ring (bicyclic) bond motifs is 3. The molecule has 0 unspecified atom stereocenters. The second-order valence-electron chi connectivity index (χ2n) is 5.56. The molecule has 1 aliphatic heterocycles. The molecule has 3 heteroatoms. The molecule has 4 rings (SSSR count). The molecule has 0 saturated heterocycles. The lowest BCUT2D eigenvalue weighted by atomic mass is 10.0. The third-order valence-electron chi connectivity index (χ3n) is 3.79. The van der Waals surface area contributed by atoms with E-state index in [0.29, 0.717) is 4.90 Å². The zero-order valence-corrected chi connectivity index (χ0v) is 13.3. The Bertz CT molecular complexity index is 1520. The van der Waals surface area contributed by atoms with E-state index in [0.717, 1.165) is 11.6 Å². The SMILES string of the molecule is [2H]c1nc(C([2H])([2H])[2H])c([2H])c([2H])c1CCn1c2c(c3c([2H])c(C)c([2H])c([2H])c31)C([2H])([2H])N(C)C([2H])([2H])C2([2H])[2H]. The first-order valence-corrected chi connectivity index (χ1v) is 7.46. The lowest BCUT2D eigenvalue weighted by Crippen LogP contribution is -2.27. The molecule has 0 fully saturated rings. The first-order chi connectivity index (χ1) is 17.6. The predicted octanol–water partition coefficient (Wildman–Crippen LogP) is 3.88. The second kappa shape index (κ2) is 6.06. The van der Waals surface area contributed by atoms with E-state index in [-0.39, 0.29) is 52.6 Å². The van der Waals surface area contributed by atoms with Gasteiger partial charge in [0.2, 0.25) is 0 Å². The van der Waals surface area contributed by atoms with Crippen LogP contribution in [0.25, 0.3) is 10.9 Å². The summed E-state index contributed by atoms with van der Waals surface area (Å²) >= 11 is 0. The van der Waals surface area contributed by atoms with Crippen LogP contribution in [0.1, 0.15) is 48.6 Å². The molecule has 0 saturated carbocycles. The van der Waals surface area contributed by atoms with Crippen LogP contribution in [0.2, 0.25) is 0 Å². The molecule has 0 N–H and O–H groups in total. The predicted molar refractivity (Wildman–Crippen MR) is 99.4 cm³/mol. The molecule has 0 amide bonds. The van der Waals surface area contributed by atoms with E-state index in [1.54, 1.807) is 0 Å². The number of likely N-dealkylation sites (N-methyl/N-ethyl adjacent to an activating group) is 1. The number of rotatable bonds is 3. The van der Waals surface area contributed by atoms with Gasteiger partial charge < -0.3 is 9.47 Å². The summed E-state index contributed by atoms with van der Waals surface area (Å²) in [6, 6.07) is -2.37. The summed E-state index contributed by atoms with van der Waals surface area (Å²) in [5, 5.41) is -0.144. The molecule has 24 heavy (non-hydrogen) atoms. The van der Waals surface area contributed by atoms with Gasteiger partial charge in [0.15, 0.2) is 0 Å². The fraction of sp³-hybridized carbons (Fsp3) is 0.381. The number of pyridine rings is 1. The molecule has 3 nitrogen and oxygen atoms in total. The molecule has 0 aliphatic carbocycles. The first-order valence-electron chi connectivity index (χ1n) is 15.0. The van der Waals surface area contributed by atoms with Gasteiger partial charge in [-0.25, -0.2) is 0 Å². The summed E-state index contributed by atoms with van der Waals surface area (Å²) in [5.74, 6) is 0. The molecule has 0 atom stereocenters. The van der Waals surface area contributed by atoms with Gasteiger partial charge >= 0.3 is 0 Å². The van der Waals surface area contributed by atoms with Crippen LogP contribution in [-0.4, -0.2) is 28.0 Å². The van der Waals surface area contributed by atoms with Crippen molar-refractivity contribution >= 4 is 10.9 Å². The molecule has 2 aromatic heterocycles. The van der Waals surface area contributed by atoms with E-state index < -0.39 is 61.9 Å². The van der Waals surface area contributed by atoms with Crippen molar-refractivity contribution in [1.82, 2.24) is 14.5 Å². The average Bonchev–Trinajstić information content (AvgIpc) is 3.18. The number of nitrogens with zero attached hydrogens (tertiary/aromatic N) is 3. The van der Waals surface area contributed by atoms with Crippen molar-refractivity contribution in [3.05, 3.63) is 64.5 Å². The van der Waals surface area contributed by atoms with Gasteiger partial charge in [0.25, 0.3) is 0 Å². The molecule has 1 aliphatic rings. The zero-order chi connectivity index (χ0) is 29.8. The second-order valence-corrected chi connectivity index (χ2v) is 5.56. The average molecular weight is 335 g/mol. The van der Waals surface area contributed by atoms with Crippen molar-refractivity contribution in [2.45, 2.75) is 39.6 Å². The number of benzene rings is 1. The molecular weight excluding hydrogens is 294 g/mol. The summed E-state index contributed by atoms with van der Waals surface area (Å²) < 4.78 is 126. The van der Waals surface area contributed by atoms with Gasteiger partial charge in [0, 0.05) is 66.7 Å². The van der Waals surface area contributed by atoms with Crippen LogP contribution < -0.4 is 0 Å². The summed E-state index contributed by atoms with van der Waals surface area (Å²) in [6.07, 6.45) is -3.78. The molecule has 1 aromatic carbocycles. The highest BCUT2D eigenvalue weighted by molar-refractivity contribution is 5.86. The van der Waals surface area contributed by atoms with Crippen LogP contribution >= 0.6 is 0 Å². The van der Waals surface area contributed by atoms with Crippen molar-refractivity contribution < 1.29 is 20.6 Å². The Morgan fingerprint density at radius 3 is 3.12 bits per heavy atom. The van der Waals surface area contributed by atoms with Gasteiger partial charge in [-0.2, -0.15) is 0 Å². The highest BCUT2D eigenvalue weighted by Crippen LogP contribution is 2.31. The monoisotopic (exact) mass is 334 g/mol. The van der Waals surface area contributed by atoms with Crippen LogP contribution in [0.4, 0.5) is 0 Å². The zero-order valence-electron chi connectivity index (χ0n) is 28.3. The van der Waals surface area contributed by atoms with Gasteiger partial charge in [0.05, 0.1) is 8.22 Å². The summed E-state index contributed by atoms with van der Waals surface area (Å²) in [4.78, 5) is 4.28. The topological polar surface area (TPSA) is 21.1 Å². The maximum Gasteiger partial charge on any atom is 0.0843 e. The number of hydrogen-bond donors (Lipinski definition) is 0. The molecule has 124 valence electrons. The minimum Gasteiger partial charge on any atom is -0.344 e. The normalized spacial score (nSPS) is 30.8. The Balaban J connectivity index is 2.06. The molecule has 0 radical (unpaired) electrons. The Morgan fingerprint density at radius 2 is 2.25 bits per heavy atom. The fourth-order valence-electron chi connectivity index (χ4n) is 2.69. The van der Waals surface area contributed by atoms with E-state index in [4.69, 9.17) is 20.6 Å². The van der Waals surface area contributed by atoms with E-state index in [1.807, 2.05) is 0 Å². The van der Waals surface area contributed by atoms with Crippen LogP contribution in [0, 0.1) is 13.8 Å². The molecule has 0 spiro atoms. The standard InChI is InChI=1S/C21H25N3/c1-15-4-7-20-18(12-15)19-14-23(3)10-9-21(19)24(20)11-8-17-6-5-16(2)22-13-17/h4-7,12-13H,8-11,14H2,1-3H3/i2D3,4D,5D,6D,7D,9D2,10D2,12D,13D,14D2. The van der Waals surface area contributed by atoms with Crippen molar-refractivity contribution in [2.24, 2.45) is 0 Å². The van der Waals surface area contributed by atoms with E-state index in [1.165, 1.54) is 6.92 Å². The van der Waals surface area contributed by atoms with Crippen LogP contribution in [0.3, 0.4) is 0 Å². The minimum atomic E-state index is -2.89. The summed E-state index contributed by atoms with van der Waals surface area (Å²) in [6.45, 7) is -7.30. The Kier molecular flexibility index (Phi) is 1.51. The fourth-order valence-corrected chi connectivity index (χ4v) is 2.69. The van der Waals surface area contributed by atoms with Gasteiger partial charge in [-0.15, -0.1) is 0 Å². The lowest BCUT2D eigenvalue weighted by molar-refractivity contribution is 0.309. The number of aryl methyl sites for hydroxylation is 2. The van der Waals surface area contributed by atoms with Crippen molar-refractivity contribution in [2.75, 3.05) is 13.5 Å². The Hall–Kier alpha value is -2.13. The van der Waals surface area contributed by atoms with Crippen molar-refractivity contribution in [3.63, 3.8) is 0 Å². The summed E-state index contributed by atoms with van der Waals surface area (Å²) in [5.41, 5.74) is -1.81. The highest BCUT2D eigenvalue weighted by atomic mass is 15.1. The molecule has 3 heterocycles. The lowest BCUT2D eigenvalue weighted by Gasteiger charge is -2.24. The molecular formula is C21H25N3. The van der Waals surface area contributed by atoms with Gasteiger partial charge in [-0.3, -0.25) is 4.98 Å². The first kappa shape index (κ1) is 5.99. The largest absolute Gasteiger partial charge is 0.344 e. The van der Waals surface area contributed by atoms with Crippen molar-refractivity contribution in [1.29, 1.82) is 0 Å². The van der Waals surface area contributed by atoms with Crippen molar-refractivity contribution in [3.8, 4) is 0 Å². The third-order valence-corrected chi connectivity index (χ3v) is 3.79. The maximum atomic E-state index is 8.75. The Labute approximate surface area is 165 Å². The van der Waals surface area contributed by atoms with E-state index in [9.17, 15) is 0 Å². The van der Waals surface area contributed by atoms with Gasteiger partial charge in [-0.1, -0.05) is 17.6 Å². The van der Waals surface area contributed by atoms with E-state index >= 15 is 0 Å². The minimum absolute atomic E-state index is 0.0604. The van der Waals surface area contributed by atoms with Crippen LogP contribution in [-0.2, 0) is 25.8 Å². The Morgan fingerprint density at radius 1 is 1.33 bits per heavy atom. The third kappa shape index (κ3) is 2.73. The van der Waals surface area contributed by atoms with Gasteiger partial charge in [0.1, 0.15) is 0 Å². The smallest absolute Gasteiger partial charge is 0.0843 e.